The van der Waals surface area contributed by atoms with Crippen LogP contribution in [0.25, 0.3) is 0 Å². The summed E-state index contributed by atoms with van der Waals surface area (Å²) in [6.07, 6.45) is 4.36. The molecule has 0 saturated carbocycles. The van der Waals surface area contributed by atoms with Gasteiger partial charge in [-0.15, -0.1) is 0 Å². The van der Waals surface area contributed by atoms with Crippen LogP contribution in [-0.2, 0) is 11.3 Å². The summed E-state index contributed by atoms with van der Waals surface area (Å²) < 4.78 is 1.27. The predicted octanol–water partition coefficient (Wildman–Crippen LogP) is 0.0480. The molecule has 1 saturated heterocycles. The molecule has 2 unspecified atom stereocenters. The first kappa shape index (κ1) is 13.5. The molecule has 2 atom stereocenters. The maximum atomic E-state index is 11.8. The fraction of sp³-hybridized carbons (Fsp3) is 0.636. The third-order valence-electron chi connectivity index (χ3n) is 3.24. The first-order valence-corrected chi connectivity index (χ1v) is 6.26. The fourth-order valence-corrected chi connectivity index (χ4v) is 2.17. The lowest BCUT2D eigenvalue weighted by molar-refractivity contribution is -0.385. The molecular formula is C11H17N5O3. The summed E-state index contributed by atoms with van der Waals surface area (Å²) >= 11 is 0. The van der Waals surface area contributed by atoms with E-state index < -0.39 is 4.92 Å². The van der Waals surface area contributed by atoms with Crippen molar-refractivity contribution in [2.24, 2.45) is 0 Å². The minimum absolute atomic E-state index is 0.00292. The summed E-state index contributed by atoms with van der Waals surface area (Å²) in [6, 6.07) is 0.344. The van der Waals surface area contributed by atoms with Crippen LogP contribution >= 0.6 is 0 Å². The molecule has 1 aliphatic rings. The Balaban J connectivity index is 1.87. The van der Waals surface area contributed by atoms with E-state index >= 15 is 0 Å². The van der Waals surface area contributed by atoms with Crippen molar-refractivity contribution in [3.63, 3.8) is 0 Å². The second-order valence-electron chi connectivity index (χ2n) is 4.71. The second-order valence-corrected chi connectivity index (χ2v) is 4.71. The number of nitro groups is 1. The number of hydrogen-bond donors (Lipinski definition) is 2. The van der Waals surface area contributed by atoms with Crippen LogP contribution in [-0.4, -0.2) is 39.2 Å². The van der Waals surface area contributed by atoms with Gasteiger partial charge in [-0.2, -0.15) is 5.10 Å². The SMILES string of the molecule is CC1NCCCC1NC(=O)Cn1cc([N+](=O)[O-])cn1. The topological polar surface area (TPSA) is 102 Å². The Morgan fingerprint density at radius 3 is 3.16 bits per heavy atom. The summed E-state index contributed by atoms with van der Waals surface area (Å²) in [7, 11) is 0. The smallest absolute Gasteiger partial charge is 0.307 e. The molecule has 0 spiro atoms. The number of amides is 1. The minimum Gasteiger partial charge on any atom is -0.350 e. The number of hydrogen-bond acceptors (Lipinski definition) is 5. The average molecular weight is 267 g/mol. The second kappa shape index (κ2) is 5.79. The molecule has 2 N–H and O–H groups in total. The molecular weight excluding hydrogens is 250 g/mol. The Morgan fingerprint density at radius 1 is 1.74 bits per heavy atom. The van der Waals surface area contributed by atoms with E-state index in [0.717, 1.165) is 25.6 Å². The van der Waals surface area contributed by atoms with Gasteiger partial charge in [0.25, 0.3) is 0 Å². The molecule has 1 aromatic heterocycles. The van der Waals surface area contributed by atoms with Gasteiger partial charge in [-0.25, -0.2) is 0 Å². The Labute approximate surface area is 110 Å². The van der Waals surface area contributed by atoms with Crippen LogP contribution in [0.1, 0.15) is 19.8 Å². The first-order chi connectivity index (χ1) is 9.06. The van der Waals surface area contributed by atoms with Gasteiger partial charge in [-0.3, -0.25) is 19.6 Å². The van der Waals surface area contributed by atoms with Gasteiger partial charge < -0.3 is 10.6 Å². The number of rotatable bonds is 4. The van der Waals surface area contributed by atoms with Gasteiger partial charge in [0.15, 0.2) is 0 Å². The summed E-state index contributed by atoms with van der Waals surface area (Å²) in [6.45, 7) is 3.00. The summed E-state index contributed by atoms with van der Waals surface area (Å²) in [5.74, 6) is -0.182. The van der Waals surface area contributed by atoms with Crippen molar-refractivity contribution in [2.45, 2.75) is 38.4 Å². The number of nitrogens with zero attached hydrogens (tertiary/aromatic N) is 3. The highest BCUT2D eigenvalue weighted by molar-refractivity contribution is 5.76. The zero-order valence-electron chi connectivity index (χ0n) is 10.7. The zero-order chi connectivity index (χ0) is 13.8. The minimum atomic E-state index is -0.533. The zero-order valence-corrected chi connectivity index (χ0v) is 10.7. The normalized spacial score (nSPS) is 23.0. The Morgan fingerprint density at radius 2 is 2.53 bits per heavy atom. The van der Waals surface area contributed by atoms with E-state index in [-0.39, 0.29) is 30.2 Å². The number of carbonyl (C=O) groups is 1. The van der Waals surface area contributed by atoms with E-state index in [4.69, 9.17) is 0 Å². The van der Waals surface area contributed by atoms with Gasteiger partial charge in [0.2, 0.25) is 5.91 Å². The molecule has 0 aromatic carbocycles. The molecule has 0 radical (unpaired) electrons. The molecule has 2 heterocycles. The number of nitrogens with one attached hydrogen (secondary N) is 2. The molecule has 1 aliphatic heterocycles. The van der Waals surface area contributed by atoms with Gasteiger partial charge in [0.05, 0.1) is 4.92 Å². The summed E-state index contributed by atoms with van der Waals surface area (Å²) in [5, 5.41) is 20.5. The van der Waals surface area contributed by atoms with Crippen molar-refractivity contribution in [1.29, 1.82) is 0 Å². The Kier molecular flexibility index (Phi) is 4.10. The van der Waals surface area contributed by atoms with Gasteiger partial charge in [-0.05, 0) is 26.3 Å². The Bertz CT molecular complexity index is 473. The van der Waals surface area contributed by atoms with Gasteiger partial charge in [0, 0.05) is 12.1 Å². The van der Waals surface area contributed by atoms with Crippen LogP contribution < -0.4 is 10.6 Å². The van der Waals surface area contributed by atoms with E-state index in [1.54, 1.807) is 0 Å². The molecule has 1 amide bonds. The number of carbonyl (C=O) groups excluding carboxylic acids is 1. The van der Waals surface area contributed by atoms with E-state index in [1.165, 1.54) is 10.9 Å². The van der Waals surface area contributed by atoms with Crippen molar-refractivity contribution >= 4 is 11.6 Å². The molecule has 2 rings (SSSR count). The Hall–Kier alpha value is -1.96. The number of piperidine rings is 1. The maximum Gasteiger partial charge on any atom is 0.307 e. The van der Waals surface area contributed by atoms with Crippen LogP contribution in [0.2, 0.25) is 0 Å². The van der Waals surface area contributed by atoms with E-state index in [9.17, 15) is 14.9 Å². The molecule has 104 valence electrons. The van der Waals surface area contributed by atoms with Gasteiger partial charge in [0.1, 0.15) is 18.9 Å². The molecule has 0 bridgehead atoms. The van der Waals surface area contributed by atoms with Crippen molar-refractivity contribution in [2.75, 3.05) is 6.54 Å². The van der Waals surface area contributed by atoms with E-state index in [1.807, 2.05) is 6.92 Å². The van der Waals surface area contributed by atoms with Crippen LogP contribution in [0.3, 0.4) is 0 Å². The largest absolute Gasteiger partial charge is 0.350 e. The monoisotopic (exact) mass is 267 g/mol. The lowest BCUT2D eigenvalue weighted by Crippen LogP contribution is -2.52. The molecule has 1 aromatic rings. The average Bonchev–Trinajstić information content (AvgIpc) is 2.80. The predicted molar refractivity (Wildman–Crippen MR) is 67.5 cm³/mol. The fourth-order valence-electron chi connectivity index (χ4n) is 2.17. The molecule has 8 nitrogen and oxygen atoms in total. The van der Waals surface area contributed by atoms with Gasteiger partial charge in [-0.1, -0.05) is 0 Å². The standard InChI is InChI=1S/C11H17N5O3/c1-8-10(3-2-4-12-8)14-11(17)7-15-6-9(5-13-15)16(18)19/h5-6,8,10,12H,2-4,7H2,1H3,(H,14,17). The van der Waals surface area contributed by atoms with Crippen molar-refractivity contribution in [3.8, 4) is 0 Å². The van der Waals surface area contributed by atoms with Crippen molar-refractivity contribution in [1.82, 2.24) is 20.4 Å². The maximum absolute atomic E-state index is 11.8. The van der Waals surface area contributed by atoms with Crippen molar-refractivity contribution < 1.29 is 9.72 Å². The van der Waals surface area contributed by atoms with Crippen LogP contribution in [0.4, 0.5) is 5.69 Å². The van der Waals surface area contributed by atoms with Gasteiger partial charge >= 0.3 is 5.69 Å². The molecule has 0 aliphatic carbocycles. The molecule has 8 heteroatoms. The molecule has 19 heavy (non-hydrogen) atoms. The van der Waals surface area contributed by atoms with Crippen molar-refractivity contribution in [3.05, 3.63) is 22.5 Å². The lowest BCUT2D eigenvalue weighted by atomic mass is 10.00. The van der Waals surface area contributed by atoms with Crippen LogP contribution in [0.5, 0.6) is 0 Å². The highest BCUT2D eigenvalue weighted by Gasteiger charge is 2.22. The number of aromatic nitrogens is 2. The lowest BCUT2D eigenvalue weighted by Gasteiger charge is -2.30. The summed E-state index contributed by atoms with van der Waals surface area (Å²) in [4.78, 5) is 21.8. The van der Waals surface area contributed by atoms with Crippen LogP contribution in [0.15, 0.2) is 12.4 Å². The molecule has 1 fully saturated rings. The highest BCUT2D eigenvalue weighted by Crippen LogP contribution is 2.09. The third kappa shape index (κ3) is 3.50. The highest BCUT2D eigenvalue weighted by atomic mass is 16.6. The first-order valence-electron chi connectivity index (χ1n) is 6.26. The quantitative estimate of drug-likeness (QED) is 0.592. The summed E-state index contributed by atoms with van der Waals surface area (Å²) in [5.41, 5.74) is -0.111. The van der Waals surface area contributed by atoms with Crippen LogP contribution in [0, 0.1) is 10.1 Å². The van der Waals surface area contributed by atoms with E-state index in [0.29, 0.717) is 0 Å². The van der Waals surface area contributed by atoms with E-state index in [2.05, 4.69) is 15.7 Å². The third-order valence-corrected chi connectivity index (χ3v) is 3.24.